The lowest BCUT2D eigenvalue weighted by Crippen LogP contribution is -2.32. The Labute approximate surface area is 84.0 Å². The van der Waals surface area contributed by atoms with E-state index >= 15 is 0 Å². The minimum absolute atomic E-state index is 0.104. The summed E-state index contributed by atoms with van der Waals surface area (Å²) in [6.07, 6.45) is 1.27. The average molecular weight is 202 g/mol. The summed E-state index contributed by atoms with van der Waals surface area (Å²) >= 11 is 0. The minimum Gasteiger partial charge on any atom is -0.469 e. The number of hydrogen-bond acceptors (Lipinski definition) is 4. The van der Waals surface area contributed by atoms with Crippen LogP contribution in [0.1, 0.15) is 26.2 Å². The molecule has 0 rings (SSSR count). The van der Waals surface area contributed by atoms with Crippen molar-refractivity contribution in [2.75, 3.05) is 13.7 Å². The maximum atomic E-state index is 11.1. The number of carbonyl (C=O) groups is 2. The van der Waals surface area contributed by atoms with E-state index in [0.29, 0.717) is 13.0 Å². The van der Waals surface area contributed by atoms with Gasteiger partial charge in [0.05, 0.1) is 13.5 Å². The molecule has 0 aromatic rings. The van der Waals surface area contributed by atoms with Gasteiger partial charge in [0.2, 0.25) is 5.91 Å². The van der Waals surface area contributed by atoms with Crippen LogP contribution in [0.2, 0.25) is 0 Å². The van der Waals surface area contributed by atoms with Crippen molar-refractivity contribution in [3.05, 3.63) is 0 Å². The summed E-state index contributed by atoms with van der Waals surface area (Å²) in [6.45, 7) is 2.23. The molecule has 0 radical (unpaired) electrons. The number of carbonyl (C=O) groups excluding carboxylic acids is 2. The number of hydrogen-bond donors (Lipinski definition) is 2. The fourth-order valence-electron chi connectivity index (χ4n) is 0.861. The molecular weight excluding hydrogens is 184 g/mol. The minimum atomic E-state index is -0.329. The molecule has 0 heterocycles. The number of ether oxygens (including phenoxy) is 1. The molecule has 0 aromatic heterocycles. The third-order valence-corrected chi connectivity index (χ3v) is 1.85. The van der Waals surface area contributed by atoms with Gasteiger partial charge < -0.3 is 15.8 Å². The van der Waals surface area contributed by atoms with Gasteiger partial charge in [0.1, 0.15) is 0 Å². The maximum absolute atomic E-state index is 11.1. The number of methoxy groups -OCH3 is 1. The van der Waals surface area contributed by atoms with Crippen molar-refractivity contribution >= 4 is 11.9 Å². The van der Waals surface area contributed by atoms with Crippen LogP contribution in [-0.4, -0.2) is 31.6 Å². The zero-order valence-electron chi connectivity index (χ0n) is 8.71. The van der Waals surface area contributed by atoms with Gasteiger partial charge in [0, 0.05) is 19.0 Å². The first-order valence-corrected chi connectivity index (χ1v) is 4.69. The SMILES string of the molecule is CCC(N)CC(=O)NCCC(=O)OC. The number of nitrogens with one attached hydrogen (secondary N) is 1. The van der Waals surface area contributed by atoms with Crippen molar-refractivity contribution < 1.29 is 14.3 Å². The number of rotatable bonds is 6. The van der Waals surface area contributed by atoms with Crippen LogP contribution in [0, 0.1) is 0 Å². The standard InChI is InChI=1S/C9H18N2O3/c1-3-7(10)6-8(12)11-5-4-9(13)14-2/h7H,3-6,10H2,1-2H3,(H,11,12). The Morgan fingerprint density at radius 1 is 1.50 bits per heavy atom. The molecule has 3 N–H and O–H groups in total. The van der Waals surface area contributed by atoms with E-state index in [1.165, 1.54) is 7.11 Å². The highest BCUT2D eigenvalue weighted by molar-refractivity contribution is 5.77. The smallest absolute Gasteiger partial charge is 0.307 e. The van der Waals surface area contributed by atoms with Crippen molar-refractivity contribution in [3.8, 4) is 0 Å². The summed E-state index contributed by atoms with van der Waals surface area (Å²) in [7, 11) is 1.32. The maximum Gasteiger partial charge on any atom is 0.307 e. The van der Waals surface area contributed by atoms with E-state index in [4.69, 9.17) is 5.73 Å². The Morgan fingerprint density at radius 3 is 2.64 bits per heavy atom. The highest BCUT2D eigenvalue weighted by Crippen LogP contribution is 1.92. The van der Waals surface area contributed by atoms with Crippen molar-refractivity contribution in [3.63, 3.8) is 0 Å². The van der Waals surface area contributed by atoms with E-state index in [-0.39, 0.29) is 24.3 Å². The van der Waals surface area contributed by atoms with E-state index < -0.39 is 0 Å². The molecule has 0 fully saturated rings. The summed E-state index contributed by atoms with van der Waals surface area (Å²) in [5, 5.41) is 2.59. The largest absolute Gasteiger partial charge is 0.469 e. The molecule has 0 aliphatic heterocycles. The molecule has 0 aromatic carbocycles. The van der Waals surface area contributed by atoms with Crippen molar-refractivity contribution in [2.24, 2.45) is 5.73 Å². The molecule has 1 amide bonds. The third kappa shape index (κ3) is 6.42. The van der Waals surface area contributed by atoms with Gasteiger partial charge in [-0.15, -0.1) is 0 Å². The van der Waals surface area contributed by atoms with Gasteiger partial charge in [-0.3, -0.25) is 9.59 Å². The lowest BCUT2D eigenvalue weighted by molar-refractivity contribution is -0.140. The first-order valence-electron chi connectivity index (χ1n) is 4.69. The molecule has 1 unspecified atom stereocenters. The quantitative estimate of drug-likeness (QED) is 0.584. The second kappa shape index (κ2) is 7.32. The lowest BCUT2D eigenvalue weighted by Gasteiger charge is -2.08. The summed E-state index contributed by atoms with van der Waals surface area (Å²) in [4.78, 5) is 21.8. The van der Waals surface area contributed by atoms with Crippen LogP contribution < -0.4 is 11.1 Å². The van der Waals surface area contributed by atoms with Gasteiger partial charge in [-0.25, -0.2) is 0 Å². The van der Waals surface area contributed by atoms with E-state index in [1.54, 1.807) is 0 Å². The van der Waals surface area contributed by atoms with E-state index in [2.05, 4.69) is 10.1 Å². The van der Waals surface area contributed by atoms with Crippen LogP contribution in [0.5, 0.6) is 0 Å². The Hall–Kier alpha value is -1.10. The monoisotopic (exact) mass is 202 g/mol. The molecule has 0 aliphatic rings. The molecule has 0 spiro atoms. The average Bonchev–Trinajstić information content (AvgIpc) is 2.17. The van der Waals surface area contributed by atoms with Gasteiger partial charge in [0.25, 0.3) is 0 Å². The van der Waals surface area contributed by atoms with Crippen LogP contribution in [0.25, 0.3) is 0 Å². The van der Waals surface area contributed by atoms with Gasteiger partial charge >= 0.3 is 5.97 Å². The predicted octanol–water partition coefficient (Wildman–Crippen LogP) is -0.207. The number of nitrogens with two attached hydrogens (primary N) is 1. The predicted molar refractivity (Wildman–Crippen MR) is 52.5 cm³/mol. The molecule has 1 atom stereocenters. The molecule has 0 saturated carbocycles. The molecule has 82 valence electrons. The van der Waals surface area contributed by atoms with Crippen molar-refractivity contribution in [1.82, 2.24) is 5.32 Å². The van der Waals surface area contributed by atoms with Crippen molar-refractivity contribution in [2.45, 2.75) is 32.2 Å². The van der Waals surface area contributed by atoms with E-state index in [0.717, 1.165) is 6.42 Å². The highest BCUT2D eigenvalue weighted by Gasteiger charge is 2.07. The van der Waals surface area contributed by atoms with Gasteiger partial charge in [-0.1, -0.05) is 6.92 Å². The molecule has 0 saturated heterocycles. The zero-order chi connectivity index (χ0) is 11.0. The summed E-state index contributed by atoms with van der Waals surface area (Å²) in [5.41, 5.74) is 5.58. The first kappa shape index (κ1) is 12.9. The fraction of sp³-hybridized carbons (Fsp3) is 0.778. The second-order valence-electron chi connectivity index (χ2n) is 3.05. The Kier molecular flexibility index (Phi) is 6.74. The molecule has 5 heteroatoms. The Morgan fingerprint density at radius 2 is 2.14 bits per heavy atom. The molecule has 0 bridgehead atoms. The summed E-state index contributed by atoms with van der Waals surface area (Å²) in [6, 6.07) is -0.104. The molecule has 5 nitrogen and oxygen atoms in total. The third-order valence-electron chi connectivity index (χ3n) is 1.85. The highest BCUT2D eigenvalue weighted by atomic mass is 16.5. The van der Waals surface area contributed by atoms with Crippen LogP contribution in [-0.2, 0) is 14.3 Å². The first-order chi connectivity index (χ1) is 6.60. The van der Waals surface area contributed by atoms with Crippen LogP contribution in [0.15, 0.2) is 0 Å². The van der Waals surface area contributed by atoms with Gasteiger partial charge in [-0.05, 0) is 6.42 Å². The van der Waals surface area contributed by atoms with Crippen LogP contribution in [0.3, 0.4) is 0 Å². The van der Waals surface area contributed by atoms with Crippen LogP contribution in [0.4, 0.5) is 0 Å². The van der Waals surface area contributed by atoms with E-state index in [9.17, 15) is 9.59 Å². The summed E-state index contributed by atoms with van der Waals surface area (Å²) < 4.78 is 4.42. The summed E-state index contributed by atoms with van der Waals surface area (Å²) in [5.74, 6) is -0.451. The fourth-order valence-corrected chi connectivity index (χ4v) is 0.861. The topological polar surface area (TPSA) is 81.4 Å². The van der Waals surface area contributed by atoms with Crippen LogP contribution >= 0.6 is 0 Å². The zero-order valence-corrected chi connectivity index (χ0v) is 8.71. The second-order valence-corrected chi connectivity index (χ2v) is 3.05. The Balaban J connectivity index is 3.49. The van der Waals surface area contributed by atoms with Gasteiger partial charge in [-0.2, -0.15) is 0 Å². The lowest BCUT2D eigenvalue weighted by atomic mass is 10.1. The molecule has 0 aliphatic carbocycles. The van der Waals surface area contributed by atoms with Crippen molar-refractivity contribution in [1.29, 1.82) is 0 Å². The van der Waals surface area contributed by atoms with Gasteiger partial charge in [0.15, 0.2) is 0 Å². The number of esters is 1. The molecular formula is C9H18N2O3. The normalized spacial score (nSPS) is 11.9. The van der Waals surface area contributed by atoms with E-state index in [1.807, 2.05) is 6.92 Å². The molecule has 14 heavy (non-hydrogen) atoms. The number of amides is 1. The Bertz CT molecular complexity index is 194.